The van der Waals surface area contributed by atoms with Gasteiger partial charge in [0.25, 0.3) is 0 Å². The Hall–Kier alpha value is -2.34. The summed E-state index contributed by atoms with van der Waals surface area (Å²) in [4.78, 5) is 14.3. The molecule has 0 unspecified atom stereocenters. The number of rotatable bonds is 3. The van der Waals surface area contributed by atoms with Gasteiger partial charge < -0.3 is 15.0 Å². The highest BCUT2D eigenvalue weighted by Crippen LogP contribution is 2.30. The van der Waals surface area contributed by atoms with Crippen LogP contribution in [0.2, 0.25) is 0 Å². The van der Waals surface area contributed by atoms with Crippen LogP contribution in [0.25, 0.3) is 0 Å². The van der Waals surface area contributed by atoms with Gasteiger partial charge in [-0.2, -0.15) is 5.10 Å². The van der Waals surface area contributed by atoms with E-state index in [0.29, 0.717) is 26.3 Å². The number of nitrogens with zero attached hydrogens (tertiary/aromatic N) is 3. The predicted molar refractivity (Wildman–Crippen MR) is 94.4 cm³/mol. The largest absolute Gasteiger partial charge is 0.378 e. The third kappa shape index (κ3) is 3.54. The van der Waals surface area contributed by atoms with Gasteiger partial charge in [-0.3, -0.25) is 4.68 Å². The average molecular weight is 340 g/mol. The van der Waals surface area contributed by atoms with Crippen LogP contribution in [0.15, 0.2) is 36.5 Å². The number of fused-ring (bicyclic) bond motifs is 1. The van der Waals surface area contributed by atoms with Crippen molar-refractivity contribution in [1.29, 1.82) is 0 Å². The third-order valence-electron chi connectivity index (χ3n) is 5.03. The Morgan fingerprint density at radius 1 is 1.24 bits per heavy atom. The molecule has 0 radical (unpaired) electrons. The topological polar surface area (TPSA) is 59.4 Å². The Bertz CT molecular complexity index is 722. The lowest BCUT2D eigenvalue weighted by Gasteiger charge is -2.30. The molecule has 1 fully saturated rings. The number of urea groups is 1. The molecule has 1 aromatic heterocycles. The number of benzene rings is 1. The molecule has 6 nitrogen and oxygen atoms in total. The minimum Gasteiger partial charge on any atom is -0.378 e. The fourth-order valence-electron chi connectivity index (χ4n) is 3.67. The van der Waals surface area contributed by atoms with Crippen LogP contribution in [-0.2, 0) is 17.7 Å². The lowest BCUT2D eigenvalue weighted by Crippen LogP contribution is -2.47. The molecule has 132 valence electrons. The quantitative estimate of drug-likeness (QED) is 0.933. The fraction of sp³-hybridized carbons (Fsp3) is 0.474. The van der Waals surface area contributed by atoms with Gasteiger partial charge in [0.05, 0.1) is 32.0 Å². The number of ether oxygens (including phenoxy) is 1. The smallest absolute Gasteiger partial charge is 0.318 e. The van der Waals surface area contributed by atoms with E-state index in [1.165, 1.54) is 16.8 Å². The zero-order valence-corrected chi connectivity index (χ0v) is 14.4. The molecule has 0 bridgehead atoms. The Morgan fingerprint density at radius 2 is 2.04 bits per heavy atom. The fourth-order valence-corrected chi connectivity index (χ4v) is 3.67. The molecule has 2 amide bonds. The second-order valence-electron chi connectivity index (χ2n) is 6.68. The van der Waals surface area contributed by atoms with E-state index < -0.39 is 0 Å². The highest BCUT2D eigenvalue weighted by molar-refractivity contribution is 5.75. The number of hydrogen-bond acceptors (Lipinski definition) is 3. The summed E-state index contributed by atoms with van der Waals surface area (Å²) in [6.07, 6.45) is 5.00. The van der Waals surface area contributed by atoms with Crippen LogP contribution >= 0.6 is 0 Å². The maximum atomic E-state index is 12.5. The Labute approximate surface area is 147 Å². The van der Waals surface area contributed by atoms with Gasteiger partial charge in [0.2, 0.25) is 0 Å². The second-order valence-corrected chi connectivity index (χ2v) is 6.68. The molecule has 1 aromatic carbocycles. The van der Waals surface area contributed by atoms with Crippen LogP contribution in [0.3, 0.4) is 0 Å². The van der Waals surface area contributed by atoms with Gasteiger partial charge in [-0.1, -0.05) is 30.3 Å². The van der Waals surface area contributed by atoms with Crippen LogP contribution < -0.4 is 5.32 Å². The van der Waals surface area contributed by atoms with Crippen molar-refractivity contribution in [2.75, 3.05) is 26.3 Å². The van der Waals surface area contributed by atoms with Gasteiger partial charge in [0.15, 0.2) is 0 Å². The number of nitrogens with one attached hydrogen (secondary N) is 1. The highest BCUT2D eigenvalue weighted by atomic mass is 16.5. The summed E-state index contributed by atoms with van der Waals surface area (Å²) >= 11 is 0. The summed E-state index contributed by atoms with van der Waals surface area (Å²) in [5.41, 5.74) is 3.67. The van der Waals surface area contributed by atoms with E-state index in [4.69, 9.17) is 4.74 Å². The Morgan fingerprint density at radius 3 is 2.84 bits per heavy atom. The standard InChI is InChI=1S/C19H24N4O2/c24-19(22-9-11-25-12-10-22)21-17-7-4-8-18-16(17)13-20-23(18)14-15-5-2-1-3-6-15/h1-3,5-6,13,17H,4,7-12,14H2,(H,21,24)/t17-/m0/s1. The number of amides is 2. The van der Waals surface area contributed by atoms with Crippen molar-refractivity contribution in [1.82, 2.24) is 20.0 Å². The van der Waals surface area contributed by atoms with E-state index in [2.05, 4.69) is 39.4 Å². The number of hydrogen-bond donors (Lipinski definition) is 1. The molecule has 6 heteroatoms. The molecule has 1 N–H and O–H groups in total. The van der Waals surface area contributed by atoms with Crippen LogP contribution in [-0.4, -0.2) is 47.0 Å². The molecule has 2 aromatic rings. The first-order valence-corrected chi connectivity index (χ1v) is 9.03. The third-order valence-corrected chi connectivity index (χ3v) is 5.03. The maximum Gasteiger partial charge on any atom is 0.318 e. The van der Waals surface area contributed by atoms with Gasteiger partial charge in [-0.05, 0) is 24.8 Å². The zero-order valence-electron chi connectivity index (χ0n) is 14.4. The summed E-state index contributed by atoms with van der Waals surface area (Å²) in [6, 6.07) is 10.4. The maximum absolute atomic E-state index is 12.5. The number of morpholine rings is 1. The Balaban J connectivity index is 1.47. The van der Waals surface area contributed by atoms with E-state index in [1.807, 2.05) is 17.2 Å². The van der Waals surface area contributed by atoms with E-state index in [1.54, 1.807) is 0 Å². The summed E-state index contributed by atoms with van der Waals surface area (Å²) in [5.74, 6) is 0. The molecule has 2 heterocycles. The van der Waals surface area contributed by atoms with Crippen molar-refractivity contribution in [3.8, 4) is 0 Å². The van der Waals surface area contributed by atoms with Crippen LogP contribution in [0.5, 0.6) is 0 Å². The summed E-state index contributed by atoms with van der Waals surface area (Å²) < 4.78 is 7.40. The number of carbonyl (C=O) groups excluding carboxylic acids is 1. The van der Waals surface area contributed by atoms with E-state index in [9.17, 15) is 4.79 Å². The molecule has 1 atom stereocenters. The molecule has 25 heavy (non-hydrogen) atoms. The van der Waals surface area contributed by atoms with E-state index in [0.717, 1.165) is 25.8 Å². The number of aromatic nitrogens is 2. The summed E-state index contributed by atoms with van der Waals surface area (Å²) in [5, 5.41) is 7.79. The minimum atomic E-state index is 0.0111. The molecule has 1 aliphatic carbocycles. The van der Waals surface area contributed by atoms with Crippen molar-refractivity contribution >= 4 is 6.03 Å². The molecule has 1 saturated heterocycles. The molecular formula is C19H24N4O2. The Kier molecular flexibility index (Phi) is 4.70. The predicted octanol–water partition coefficient (Wildman–Crippen LogP) is 2.35. The van der Waals surface area contributed by atoms with Gasteiger partial charge in [0.1, 0.15) is 0 Å². The first-order chi connectivity index (χ1) is 12.3. The molecule has 2 aliphatic rings. The van der Waals surface area contributed by atoms with Crippen molar-refractivity contribution < 1.29 is 9.53 Å². The highest BCUT2D eigenvalue weighted by Gasteiger charge is 2.27. The first-order valence-electron chi connectivity index (χ1n) is 9.03. The summed E-state index contributed by atoms with van der Waals surface area (Å²) in [7, 11) is 0. The molecule has 1 aliphatic heterocycles. The lowest BCUT2D eigenvalue weighted by molar-refractivity contribution is 0.0523. The number of carbonyl (C=O) groups is 1. The molecule has 4 rings (SSSR count). The van der Waals surface area contributed by atoms with Crippen molar-refractivity contribution in [2.24, 2.45) is 0 Å². The SMILES string of the molecule is O=C(N[C@H]1CCCc2c1cnn2Cc1ccccc1)N1CCOCC1. The normalized spacial score (nSPS) is 20.2. The monoisotopic (exact) mass is 340 g/mol. The minimum absolute atomic E-state index is 0.0111. The van der Waals surface area contributed by atoms with Gasteiger partial charge in [-0.25, -0.2) is 4.79 Å². The lowest BCUT2D eigenvalue weighted by atomic mass is 9.93. The van der Waals surface area contributed by atoms with Crippen LogP contribution in [0.4, 0.5) is 4.79 Å². The van der Waals surface area contributed by atoms with Crippen molar-refractivity contribution in [3.63, 3.8) is 0 Å². The summed E-state index contributed by atoms with van der Waals surface area (Å²) in [6.45, 7) is 3.36. The van der Waals surface area contributed by atoms with E-state index in [-0.39, 0.29) is 12.1 Å². The zero-order chi connectivity index (χ0) is 17.1. The van der Waals surface area contributed by atoms with Crippen molar-refractivity contribution in [3.05, 3.63) is 53.3 Å². The molecule has 0 saturated carbocycles. The van der Waals surface area contributed by atoms with Gasteiger partial charge in [0, 0.05) is 24.3 Å². The first kappa shape index (κ1) is 16.1. The van der Waals surface area contributed by atoms with Gasteiger partial charge in [-0.15, -0.1) is 0 Å². The van der Waals surface area contributed by atoms with E-state index >= 15 is 0 Å². The molecular weight excluding hydrogens is 316 g/mol. The molecule has 0 spiro atoms. The van der Waals surface area contributed by atoms with Gasteiger partial charge >= 0.3 is 6.03 Å². The second kappa shape index (κ2) is 7.27. The van der Waals surface area contributed by atoms with Crippen LogP contribution in [0, 0.1) is 0 Å². The van der Waals surface area contributed by atoms with Crippen LogP contribution in [0.1, 0.15) is 35.7 Å². The van der Waals surface area contributed by atoms with Crippen molar-refractivity contribution in [2.45, 2.75) is 31.8 Å². The average Bonchev–Trinajstić information content (AvgIpc) is 3.07.